The number of carbonyl (C=O) groups is 1. The monoisotopic (exact) mass is 223 g/mol. The van der Waals surface area contributed by atoms with Crippen LogP contribution in [0.5, 0.6) is 0 Å². The van der Waals surface area contributed by atoms with E-state index in [0.717, 1.165) is 5.56 Å². The van der Waals surface area contributed by atoms with Gasteiger partial charge < -0.3 is 15.5 Å². The first-order valence-corrected chi connectivity index (χ1v) is 5.27. The SMILES string of the molecule is CC(CO)NCC(C(=O)O)c1ccccc1. The summed E-state index contributed by atoms with van der Waals surface area (Å²) in [5.74, 6) is -1.43. The third-order valence-electron chi connectivity index (χ3n) is 2.44. The number of nitrogens with one attached hydrogen (secondary N) is 1. The second kappa shape index (κ2) is 6.25. The van der Waals surface area contributed by atoms with E-state index in [9.17, 15) is 4.79 Å². The van der Waals surface area contributed by atoms with Crippen molar-refractivity contribution in [2.45, 2.75) is 18.9 Å². The zero-order valence-corrected chi connectivity index (χ0v) is 9.26. The van der Waals surface area contributed by atoms with E-state index in [4.69, 9.17) is 10.2 Å². The maximum absolute atomic E-state index is 11.1. The Labute approximate surface area is 94.9 Å². The molecule has 0 spiro atoms. The molecule has 0 fully saturated rings. The number of benzene rings is 1. The van der Waals surface area contributed by atoms with Crippen molar-refractivity contribution in [1.29, 1.82) is 0 Å². The lowest BCUT2D eigenvalue weighted by atomic mass is 9.99. The van der Waals surface area contributed by atoms with Gasteiger partial charge in [0.1, 0.15) is 0 Å². The van der Waals surface area contributed by atoms with Gasteiger partial charge in [0.2, 0.25) is 0 Å². The van der Waals surface area contributed by atoms with Crippen LogP contribution in [0.25, 0.3) is 0 Å². The van der Waals surface area contributed by atoms with E-state index in [1.54, 1.807) is 12.1 Å². The first-order valence-electron chi connectivity index (χ1n) is 5.27. The molecule has 0 aliphatic heterocycles. The number of hydrogen-bond donors (Lipinski definition) is 3. The smallest absolute Gasteiger partial charge is 0.312 e. The Balaban J connectivity index is 2.66. The molecule has 88 valence electrons. The lowest BCUT2D eigenvalue weighted by molar-refractivity contribution is -0.138. The minimum Gasteiger partial charge on any atom is -0.481 e. The molecule has 0 aliphatic carbocycles. The number of aliphatic carboxylic acids is 1. The van der Waals surface area contributed by atoms with Gasteiger partial charge in [-0.3, -0.25) is 4.79 Å². The lowest BCUT2D eigenvalue weighted by Crippen LogP contribution is -2.35. The van der Waals surface area contributed by atoms with Crippen molar-refractivity contribution in [2.75, 3.05) is 13.2 Å². The fourth-order valence-corrected chi connectivity index (χ4v) is 1.42. The number of hydrogen-bond acceptors (Lipinski definition) is 3. The number of aliphatic hydroxyl groups is 1. The molecule has 4 heteroatoms. The summed E-state index contributed by atoms with van der Waals surface area (Å²) >= 11 is 0. The Bertz CT molecular complexity index is 326. The Morgan fingerprint density at radius 1 is 1.38 bits per heavy atom. The number of carboxylic acid groups (broad SMARTS) is 1. The highest BCUT2D eigenvalue weighted by atomic mass is 16.4. The van der Waals surface area contributed by atoms with Crippen molar-refractivity contribution >= 4 is 5.97 Å². The second-order valence-electron chi connectivity index (χ2n) is 3.79. The van der Waals surface area contributed by atoms with E-state index in [1.807, 2.05) is 25.1 Å². The quantitative estimate of drug-likeness (QED) is 0.668. The average Bonchev–Trinajstić information content (AvgIpc) is 2.30. The topological polar surface area (TPSA) is 69.6 Å². The molecule has 4 nitrogen and oxygen atoms in total. The van der Waals surface area contributed by atoms with Crippen molar-refractivity contribution in [3.8, 4) is 0 Å². The van der Waals surface area contributed by atoms with Crippen molar-refractivity contribution in [3.63, 3.8) is 0 Å². The van der Waals surface area contributed by atoms with Crippen molar-refractivity contribution in [1.82, 2.24) is 5.32 Å². The Morgan fingerprint density at radius 3 is 2.50 bits per heavy atom. The van der Waals surface area contributed by atoms with E-state index >= 15 is 0 Å². The molecule has 0 heterocycles. The third kappa shape index (κ3) is 3.64. The summed E-state index contributed by atoms with van der Waals surface area (Å²) in [6.07, 6.45) is 0. The predicted molar refractivity (Wildman–Crippen MR) is 61.4 cm³/mol. The van der Waals surface area contributed by atoms with E-state index in [1.165, 1.54) is 0 Å². The van der Waals surface area contributed by atoms with Crippen molar-refractivity contribution in [3.05, 3.63) is 35.9 Å². The van der Waals surface area contributed by atoms with Crippen molar-refractivity contribution < 1.29 is 15.0 Å². The molecule has 0 amide bonds. The van der Waals surface area contributed by atoms with Crippen LogP contribution in [0.3, 0.4) is 0 Å². The highest BCUT2D eigenvalue weighted by molar-refractivity contribution is 5.76. The van der Waals surface area contributed by atoms with Crippen LogP contribution < -0.4 is 5.32 Å². The van der Waals surface area contributed by atoms with E-state index in [2.05, 4.69) is 5.32 Å². The molecule has 0 saturated carbocycles. The van der Waals surface area contributed by atoms with Gasteiger partial charge in [-0.25, -0.2) is 0 Å². The molecule has 0 radical (unpaired) electrons. The van der Waals surface area contributed by atoms with Gasteiger partial charge in [0.05, 0.1) is 12.5 Å². The Kier molecular flexibility index (Phi) is 4.95. The highest BCUT2D eigenvalue weighted by Gasteiger charge is 2.19. The zero-order valence-electron chi connectivity index (χ0n) is 9.26. The molecule has 0 aliphatic rings. The van der Waals surface area contributed by atoms with Crippen LogP contribution in [0.1, 0.15) is 18.4 Å². The molecular weight excluding hydrogens is 206 g/mol. The van der Waals surface area contributed by atoms with E-state index < -0.39 is 11.9 Å². The molecule has 0 aromatic heterocycles. The molecule has 2 unspecified atom stereocenters. The average molecular weight is 223 g/mol. The van der Waals surface area contributed by atoms with Crippen LogP contribution in [0.2, 0.25) is 0 Å². The summed E-state index contributed by atoms with van der Waals surface area (Å²) in [5.41, 5.74) is 0.771. The van der Waals surface area contributed by atoms with E-state index in [0.29, 0.717) is 6.54 Å². The molecule has 0 saturated heterocycles. The maximum atomic E-state index is 11.1. The fourth-order valence-electron chi connectivity index (χ4n) is 1.42. The van der Waals surface area contributed by atoms with Crippen LogP contribution in [0.4, 0.5) is 0 Å². The summed E-state index contributed by atoms with van der Waals surface area (Å²) in [4.78, 5) is 11.1. The molecule has 16 heavy (non-hydrogen) atoms. The lowest BCUT2D eigenvalue weighted by Gasteiger charge is -2.16. The van der Waals surface area contributed by atoms with Crippen LogP contribution >= 0.6 is 0 Å². The van der Waals surface area contributed by atoms with Crippen LogP contribution in [-0.2, 0) is 4.79 Å². The fraction of sp³-hybridized carbons (Fsp3) is 0.417. The minimum absolute atomic E-state index is 0.00112. The summed E-state index contributed by atoms with van der Waals surface area (Å²) in [6, 6.07) is 8.99. The highest BCUT2D eigenvalue weighted by Crippen LogP contribution is 2.14. The minimum atomic E-state index is -0.858. The van der Waals surface area contributed by atoms with Gasteiger partial charge in [0, 0.05) is 12.6 Å². The van der Waals surface area contributed by atoms with Crippen LogP contribution in [0, 0.1) is 0 Å². The zero-order chi connectivity index (χ0) is 12.0. The van der Waals surface area contributed by atoms with Gasteiger partial charge in [0.15, 0.2) is 0 Å². The summed E-state index contributed by atoms with van der Waals surface area (Å²) in [5, 5.41) is 20.9. The van der Waals surface area contributed by atoms with Gasteiger partial charge in [-0.05, 0) is 12.5 Å². The second-order valence-corrected chi connectivity index (χ2v) is 3.79. The largest absolute Gasteiger partial charge is 0.481 e. The maximum Gasteiger partial charge on any atom is 0.312 e. The van der Waals surface area contributed by atoms with Gasteiger partial charge in [-0.15, -0.1) is 0 Å². The molecule has 3 N–H and O–H groups in total. The number of carboxylic acids is 1. The summed E-state index contributed by atoms with van der Waals surface area (Å²) in [7, 11) is 0. The van der Waals surface area contributed by atoms with Gasteiger partial charge in [0.25, 0.3) is 0 Å². The Hall–Kier alpha value is -1.39. The predicted octanol–water partition coefficient (Wildman–Crippen LogP) is 0.825. The third-order valence-corrected chi connectivity index (χ3v) is 2.44. The van der Waals surface area contributed by atoms with Crippen LogP contribution in [0.15, 0.2) is 30.3 Å². The van der Waals surface area contributed by atoms with Crippen molar-refractivity contribution in [2.24, 2.45) is 0 Å². The van der Waals surface area contributed by atoms with Gasteiger partial charge in [-0.2, -0.15) is 0 Å². The Morgan fingerprint density at radius 2 is 2.00 bits per heavy atom. The van der Waals surface area contributed by atoms with Gasteiger partial charge in [-0.1, -0.05) is 30.3 Å². The molecule has 0 bridgehead atoms. The summed E-state index contributed by atoms with van der Waals surface area (Å²) < 4.78 is 0. The van der Waals surface area contributed by atoms with Gasteiger partial charge >= 0.3 is 5.97 Å². The van der Waals surface area contributed by atoms with E-state index in [-0.39, 0.29) is 12.6 Å². The number of aliphatic hydroxyl groups excluding tert-OH is 1. The summed E-state index contributed by atoms with van der Waals surface area (Å²) in [6.45, 7) is 2.13. The van der Waals surface area contributed by atoms with Crippen LogP contribution in [-0.4, -0.2) is 35.4 Å². The standard InChI is InChI=1S/C12H17NO3/c1-9(8-14)13-7-11(12(15)16)10-5-3-2-4-6-10/h2-6,9,11,13-14H,7-8H2,1H3,(H,15,16). The molecule has 1 aromatic carbocycles. The first kappa shape index (κ1) is 12.7. The number of rotatable bonds is 6. The molecule has 1 rings (SSSR count). The normalized spacial score (nSPS) is 14.4. The molecule has 2 atom stereocenters. The molecule has 1 aromatic rings. The molecular formula is C12H17NO3. The first-order chi connectivity index (χ1) is 7.65.